The first kappa shape index (κ1) is 24.0. The number of nitrogens with zero attached hydrogens (tertiary/aromatic N) is 4. The number of hydrogen-bond donors (Lipinski definition) is 1. The number of amides is 1. The van der Waals surface area contributed by atoms with Crippen molar-refractivity contribution >= 4 is 27.3 Å². The molecule has 2 aliphatic heterocycles. The number of piperidine rings is 1. The highest BCUT2D eigenvalue weighted by Gasteiger charge is 2.25. The van der Waals surface area contributed by atoms with E-state index in [0.717, 1.165) is 38.0 Å². The Morgan fingerprint density at radius 1 is 0.941 bits per heavy atom. The van der Waals surface area contributed by atoms with Gasteiger partial charge in [0.25, 0.3) is 0 Å². The maximum atomic E-state index is 14.4. The zero-order valence-electron chi connectivity index (χ0n) is 18.9. The van der Waals surface area contributed by atoms with E-state index in [4.69, 9.17) is 10.4 Å². The van der Waals surface area contributed by atoms with Crippen molar-refractivity contribution in [1.82, 2.24) is 4.90 Å². The summed E-state index contributed by atoms with van der Waals surface area (Å²) in [5.74, 6) is -0.561. The maximum absolute atomic E-state index is 14.4. The molecule has 2 aliphatic rings. The van der Waals surface area contributed by atoms with Crippen molar-refractivity contribution < 1.29 is 17.6 Å². The normalized spacial score (nSPS) is 16.9. The SMILES string of the molecule is N#Cc1ccc(N2CCN(C(=O)Cc3cc(S(N)(=O)=O)ccc3N3CCCCC3)CC2)c(F)c1. The van der Waals surface area contributed by atoms with E-state index in [1.165, 1.54) is 18.2 Å². The fourth-order valence-electron chi connectivity index (χ4n) is 4.63. The van der Waals surface area contributed by atoms with Crippen molar-refractivity contribution in [3.8, 4) is 6.07 Å². The number of nitriles is 1. The van der Waals surface area contributed by atoms with Crippen LogP contribution in [-0.2, 0) is 21.2 Å². The van der Waals surface area contributed by atoms with E-state index in [2.05, 4.69) is 4.90 Å². The molecule has 10 heteroatoms. The molecule has 8 nitrogen and oxygen atoms in total. The van der Waals surface area contributed by atoms with Gasteiger partial charge in [0, 0.05) is 45.0 Å². The second-order valence-corrected chi connectivity index (χ2v) is 10.3. The molecule has 2 aromatic rings. The number of carbonyl (C=O) groups excluding carboxylic acids is 1. The second kappa shape index (κ2) is 9.99. The third-order valence-corrected chi connectivity index (χ3v) is 7.38. The van der Waals surface area contributed by atoms with Crippen LogP contribution in [0.15, 0.2) is 41.3 Å². The van der Waals surface area contributed by atoms with Gasteiger partial charge in [-0.15, -0.1) is 0 Å². The monoisotopic (exact) mass is 485 g/mol. The highest BCUT2D eigenvalue weighted by Crippen LogP contribution is 2.28. The second-order valence-electron chi connectivity index (χ2n) is 8.71. The summed E-state index contributed by atoms with van der Waals surface area (Å²) in [7, 11) is -3.89. The van der Waals surface area contributed by atoms with Gasteiger partial charge < -0.3 is 14.7 Å². The molecule has 2 aromatic carbocycles. The molecule has 2 fully saturated rings. The number of hydrogen-bond acceptors (Lipinski definition) is 6. The van der Waals surface area contributed by atoms with Crippen molar-refractivity contribution in [3.05, 3.63) is 53.3 Å². The number of halogens is 1. The first-order chi connectivity index (χ1) is 16.3. The lowest BCUT2D eigenvalue weighted by molar-refractivity contribution is -0.130. The largest absolute Gasteiger partial charge is 0.371 e. The number of rotatable bonds is 5. The molecule has 0 saturated carbocycles. The summed E-state index contributed by atoms with van der Waals surface area (Å²) < 4.78 is 38.2. The molecule has 0 aromatic heterocycles. The van der Waals surface area contributed by atoms with Crippen LogP contribution in [0.1, 0.15) is 30.4 Å². The van der Waals surface area contributed by atoms with Crippen molar-refractivity contribution in [2.24, 2.45) is 5.14 Å². The fraction of sp³-hybridized carbons (Fsp3) is 0.417. The standard InChI is InChI=1S/C24H28FN5O3S/c25-21-14-18(17-26)4-6-23(21)29-10-12-30(13-11-29)24(31)16-19-15-20(34(27,32)33)5-7-22(19)28-8-2-1-3-9-28/h4-7,14-15H,1-3,8-13,16H2,(H2,27,32,33). The average molecular weight is 486 g/mol. The third kappa shape index (κ3) is 5.32. The summed E-state index contributed by atoms with van der Waals surface area (Å²) in [6.45, 7) is 3.50. The van der Waals surface area contributed by atoms with E-state index in [-0.39, 0.29) is 22.8 Å². The molecule has 0 atom stereocenters. The first-order valence-corrected chi connectivity index (χ1v) is 12.9. The molecular weight excluding hydrogens is 457 g/mol. The summed E-state index contributed by atoms with van der Waals surface area (Å²) in [5, 5.41) is 14.3. The number of anilines is 2. The van der Waals surface area contributed by atoms with Crippen LogP contribution in [0.5, 0.6) is 0 Å². The molecule has 2 heterocycles. The number of piperazine rings is 1. The number of sulfonamides is 1. The van der Waals surface area contributed by atoms with Crippen LogP contribution >= 0.6 is 0 Å². The molecule has 2 N–H and O–H groups in total. The van der Waals surface area contributed by atoms with E-state index in [1.807, 2.05) is 11.0 Å². The lowest BCUT2D eigenvalue weighted by atomic mass is 10.0. The van der Waals surface area contributed by atoms with E-state index in [1.54, 1.807) is 23.1 Å². The summed E-state index contributed by atoms with van der Waals surface area (Å²) in [6, 6.07) is 11.1. The van der Waals surface area contributed by atoms with Crippen LogP contribution in [0.2, 0.25) is 0 Å². The van der Waals surface area contributed by atoms with Crippen LogP contribution in [-0.4, -0.2) is 58.5 Å². The fourth-order valence-corrected chi connectivity index (χ4v) is 5.19. The Balaban J connectivity index is 1.48. The average Bonchev–Trinajstić information content (AvgIpc) is 2.84. The van der Waals surface area contributed by atoms with Gasteiger partial charge in [-0.2, -0.15) is 5.26 Å². The smallest absolute Gasteiger partial charge is 0.238 e. The number of nitrogens with two attached hydrogens (primary N) is 1. The topological polar surface area (TPSA) is 111 Å². The van der Waals surface area contributed by atoms with Crippen molar-refractivity contribution in [1.29, 1.82) is 5.26 Å². The van der Waals surface area contributed by atoms with Gasteiger partial charge in [0.05, 0.1) is 28.6 Å². The predicted octanol–water partition coefficient (Wildman–Crippen LogP) is 2.23. The van der Waals surface area contributed by atoms with Gasteiger partial charge in [-0.05, 0) is 61.2 Å². The molecule has 34 heavy (non-hydrogen) atoms. The Morgan fingerprint density at radius 2 is 1.59 bits per heavy atom. The Morgan fingerprint density at radius 3 is 2.21 bits per heavy atom. The van der Waals surface area contributed by atoms with Crippen LogP contribution in [0.4, 0.5) is 15.8 Å². The molecular formula is C24H28FN5O3S. The highest BCUT2D eigenvalue weighted by atomic mass is 32.2. The lowest BCUT2D eigenvalue weighted by Crippen LogP contribution is -2.49. The van der Waals surface area contributed by atoms with Crippen molar-refractivity contribution in [3.63, 3.8) is 0 Å². The number of benzene rings is 2. The Kier molecular flexibility index (Phi) is 7.05. The van der Waals surface area contributed by atoms with Crippen LogP contribution in [0, 0.1) is 17.1 Å². The van der Waals surface area contributed by atoms with Crippen LogP contribution in [0.25, 0.3) is 0 Å². The Hall–Kier alpha value is -3.16. The molecule has 2 saturated heterocycles. The van der Waals surface area contributed by atoms with Crippen LogP contribution < -0.4 is 14.9 Å². The Bertz CT molecular complexity index is 1210. The summed E-state index contributed by atoms with van der Waals surface area (Å²) >= 11 is 0. The quantitative estimate of drug-likeness (QED) is 0.695. The van der Waals surface area contributed by atoms with E-state index < -0.39 is 15.8 Å². The first-order valence-electron chi connectivity index (χ1n) is 11.4. The summed E-state index contributed by atoms with van der Waals surface area (Å²) in [6.07, 6.45) is 3.33. The summed E-state index contributed by atoms with van der Waals surface area (Å²) in [5.41, 5.74) is 2.21. The zero-order valence-corrected chi connectivity index (χ0v) is 19.7. The van der Waals surface area contributed by atoms with Gasteiger partial charge in [-0.25, -0.2) is 17.9 Å². The van der Waals surface area contributed by atoms with Gasteiger partial charge >= 0.3 is 0 Å². The molecule has 0 spiro atoms. The van der Waals surface area contributed by atoms with E-state index in [9.17, 15) is 17.6 Å². The van der Waals surface area contributed by atoms with Gasteiger partial charge in [-0.1, -0.05) is 0 Å². The molecule has 4 rings (SSSR count). The predicted molar refractivity (Wildman–Crippen MR) is 127 cm³/mol. The zero-order chi connectivity index (χ0) is 24.3. The van der Waals surface area contributed by atoms with Gasteiger partial charge in [0.2, 0.25) is 15.9 Å². The number of primary sulfonamides is 1. The van der Waals surface area contributed by atoms with Gasteiger partial charge in [0.1, 0.15) is 5.82 Å². The molecule has 180 valence electrons. The lowest BCUT2D eigenvalue weighted by Gasteiger charge is -2.36. The third-order valence-electron chi connectivity index (χ3n) is 6.47. The van der Waals surface area contributed by atoms with E-state index in [0.29, 0.717) is 37.4 Å². The highest BCUT2D eigenvalue weighted by molar-refractivity contribution is 7.89. The van der Waals surface area contributed by atoms with Gasteiger partial charge in [-0.3, -0.25) is 4.79 Å². The van der Waals surface area contributed by atoms with Crippen molar-refractivity contribution in [2.45, 2.75) is 30.6 Å². The maximum Gasteiger partial charge on any atom is 0.238 e. The molecule has 1 amide bonds. The number of carbonyl (C=O) groups is 1. The summed E-state index contributed by atoms with van der Waals surface area (Å²) in [4.78, 5) is 18.9. The molecule has 0 radical (unpaired) electrons. The van der Waals surface area contributed by atoms with Gasteiger partial charge in [0.15, 0.2) is 0 Å². The minimum absolute atomic E-state index is 0.00262. The molecule has 0 bridgehead atoms. The molecule has 0 unspecified atom stereocenters. The van der Waals surface area contributed by atoms with E-state index >= 15 is 0 Å². The van der Waals surface area contributed by atoms with Crippen LogP contribution in [0.3, 0.4) is 0 Å². The minimum atomic E-state index is -3.89. The molecule has 0 aliphatic carbocycles. The Labute approximate surface area is 199 Å². The minimum Gasteiger partial charge on any atom is -0.371 e. The van der Waals surface area contributed by atoms with Crippen molar-refractivity contribution in [2.75, 3.05) is 49.1 Å².